The lowest BCUT2D eigenvalue weighted by Crippen LogP contribution is -1.89. The quantitative estimate of drug-likeness (QED) is 0.527. The topological polar surface area (TPSA) is 0 Å². The Morgan fingerprint density at radius 3 is 2.80 bits per heavy atom. The summed E-state index contributed by atoms with van der Waals surface area (Å²) in [5.74, 6) is 0. The van der Waals surface area contributed by atoms with E-state index in [1.165, 1.54) is 16.7 Å². The molecule has 0 aliphatic heterocycles. The molecule has 1 aromatic carbocycles. The van der Waals surface area contributed by atoms with Crippen LogP contribution in [0.3, 0.4) is 0 Å². The number of alkyl halides is 1. The van der Waals surface area contributed by atoms with Crippen molar-refractivity contribution in [2.75, 3.05) is 0 Å². The Morgan fingerprint density at radius 1 is 1.40 bits per heavy atom. The van der Waals surface area contributed by atoms with Gasteiger partial charge in [-0.05, 0) is 43.4 Å². The van der Waals surface area contributed by atoms with Crippen LogP contribution in [0.2, 0.25) is 5.02 Å². The molecule has 0 radical (unpaired) electrons. The van der Waals surface area contributed by atoms with E-state index in [0.29, 0.717) is 0 Å². The summed E-state index contributed by atoms with van der Waals surface area (Å²) in [6.07, 6.45) is 5.29. The average molecular weight is 241 g/mol. The van der Waals surface area contributed by atoms with Crippen LogP contribution >= 0.6 is 23.2 Å². The summed E-state index contributed by atoms with van der Waals surface area (Å²) in [6.45, 7) is 2.05. The normalized spacial score (nSPS) is 20.5. The fourth-order valence-corrected chi connectivity index (χ4v) is 2.52. The standard InChI is InChI=1S/C13H14Cl2/c1-9-2-4-11(13(15)6-9)7-10-3-5-12(14)8-10/h2,4,6,8,12H,3,5,7H2,1H3. The third kappa shape index (κ3) is 2.76. The van der Waals surface area contributed by atoms with Crippen molar-refractivity contribution in [3.8, 4) is 0 Å². The van der Waals surface area contributed by atoms with Gasteiger partial charge in [-0.25, -0.2) is 0 Å². The molecule has 0 spiro atoms. The molecule has 15 heavy (non-hydrogen) atoms. The van der Waals surface area contributed by atoms with Crippen LogP contribution in [0.5, 0.6) is 0 Å². The second-order valence-corrected chi connectivity index (χ2v) is 5.12. The fraction of sp³-hybridized carbons (Fsp3) is 0.385. The van der Waals surface area contributed by atoms with Gasteiger partial charge in [-0.3, -0.25) is 0 Å². The first kappa shape index (κ1) is 11.0. The minimum atomic E-state index is 0.226. The summed E-state index contributed by atoms with van der Waals surface area (Å²) in [5.41, 5.74) is 3.83. The molecule has 0 bridgehead atoms. The van der Waals surface area contributed by atoms with E-state index in [-0.39, 0.29) is 5.38 Å². The molecule has 1 atom stereocenters. The van der Waals surface area contributed by atoms with Crippen molar-refractivity contribution < 1.29 is 0 Å². The number of allylic oxidation sites excluding steroid dienone is 2. The highest BCUT2D eigenvalue weighted by Crippen LogP contribution is 2.28. The minimum Gasteiger partial charge on any atom is -0.118 e. The van der Waals surface area contributed by atoms with Gasteiger partial charge >= 0.3 is 0 Å². The predicted molar refractivity (Wildman–Crippen MR) is 66.9 cm³/mol. The van der Waals surface area contributed by atoms with Gasteiger partial charge in [-0.15, -0.1) is 11.6 Å². The Kier molecular flexibility index (Phi) is 3.38. The van der Waals surface area contributed by atoms with Gasteiger partial charge in [-0.2, -0.15) is 0 Å². The Bertz CT molecular complexity index is 394. The zero-order chi connectivity index (χ0) is 10.8. The van der Waals surface area contributed by atoms with E-state index in [1.807, 2.05) is 6.07 Å². The summed E-state index contributed by atoms with van der Waals surface area (Å²) in [6, 6.07) is 6.24. The van der Waals surface area contributed by atoms with Crippen molar-refractivity contribution in [2.45, 2.75) is 31.6 Å². The maximum atomic E-state index is 6.18. The monoisotopic (exact) mass is 240 g/mol. The van der Waals surface area contributed by atoms with Gasteiger partial charge in [0.25, 0.3) is 0 Å². The fourth-order valence-electron chi connectivity index (χ4n) is 1.93. The van der Waals surface area contributed by atoms with Crippen LogP contribution in [0.4, 0.5) is 0 Å². The lowest BCUT2D eigenvalue weighted by molar-refractivity contribution is 0.892. The largest absolute Gasteiger partial charge is 0.118 e. The molecule has 0 nitrogen and oxygen atoms in total. The van der Waals surface area contributed by atoms with Gasteiger partial charge in [0, 0.05) is 5.02 Å². The number of rotatable bonds is 2. The third-order valence-electron chi connectivity index (χ3n) is 2.78. The molecule has 0 N–H and O–H groups in total. The second-order valence-electron chi connectivity index (χ2n) is 4.15. The molecule has 0 saturated heterocycles. The zero-order valence-electron chi connectivity index (χ0n) is 8.76. The predicted octanol–water partition coefficient (Wildman–Crippen LogP) is 4.52. The lowest BCUT2D eigenvalue weighted by atomic mass is 10.0. The smallest absolute Gasteiger partial charge is 0.0521 e. The maximum Gasteiger partial charge on any atom is 0.0521 e. The van der Waals surface area contributed by atoms with Crippen molar-refractivity contribution in [1.82, 2.24) is 0 Å². The first-order valence-corrected chi connectivity index (χ1v) is 6.05. The van der Waals surface area contributed by atoms with Crippen molar-refractivity contribution in [1.29, 1.82) is 0 Å². The van der Waals surface area contributed by atoms with E-state index in [2.05, 4.69) is 25.1 Å². The first-order chi connectivity index (χ1) is 7.15. The van der Waals surface area contributed by atoms with Gasteiger partial charge in [0.05, 0.1) is 5.38 Å². The van der Waals surface area contributed by atoms with Gasteiger partial charge in [0.15, 0.2) is 0 Å². The van der Waals surface area contributed by atoms with E-state index in [4.69, 9.17) is 23.2 Å². The van der Waals surface area contributed by atoms with Crippen molar-refractivity contribution >= 4 is 23.2 Å². The van der Waals surface area contributed by atoms with Crippen LogP contribution in [-0.4, -0.2) is 5.38 Å². The van der Waals surface area contributed by atoms with E-state index < -0.39 is 0 Å². The number of hydrogen-bond donors (Lipinski definition) is 0. The molecular weight excluding hydrogens is 227 g/mol. The van der Waals surface area contributed by atoms with E-state index >= 15 is 0 Å². The summed E-state index contributed by atoms with van der Waals surface area (Å²) < 4.78 is 0. The minimum absolute atomic E-state index is 0.226. The van der Waals surface area contributed by atoms with Crippen LogP contribution in [0.15, 0.2) is 29.8 Å². The van der Waals surface area contributed by atoms with E-state index in [1.54, 1.807) is 0 Å². The molecular formula is C13H14Cl2. The molecule has 0 amide bonds. The van der Waals surface area contributed by atoms with Crippen LogP contribution < -0.4 is 0 Å². The molecule has 80 valence electrons. The van der Waals surface area contributed by atoms with E-state index in [9.17, 15) is 0 Å². The first-order valence-electron chi connectivity index (χ1n) is 5.24. The van der Waals surface area contributed by atoms with Crippen LogP contribution in [0, 0.1) is 6.92 Å². The Balaban J connectivity index is 2.14. The second kappa shape index (κ2) is 4.59. The summed E-state index contributed by atoms with van der Waals surface area (Å²) >= 11 is 12.2. The third-order valence-corrected chi connectivity index (χ3v) is 3.48. The van der Waals surface area contributed by atoms with Gasteiger partial charge in [0.1, 0.15) is 0 Å². The molecule has 2 heteroatoms. The zero-order valence-corrected chi connectivity index (χ0v) is 10.3. The molecule has 0 heterocycles. The van der Waals surface area contributed by atoms with Crippen molar-refractivity contribution in [3.05, 3.63) is 46.0 Å². The summed E-state index contributed by atoms with van der Waals surface area (Å²) in [4.78, 5) is 0. The highest BCUT2D eigenvalue weighted by atomic mass is 35.5. The Labute approximate surface area is 101 Å². The van der Waals surface area contributed by atoms with Crippen molar-refractivity contribution in [3.63, 3.8) is 0 Å². The Morgan fingerprint density at radius 2 is 2.20 bits per heavy atom. The molecule has 2 rings (SSSR count). The highest BCUT2D eigenvalue weighted by molar-refractivity contribution is 6.31. The number of benzene rings is 1. The number of halogens is 2. The SMILES string of the molecule is Cc1ccc(CC2=CC(Cl)CC2)c(Cl)c1. The van der Waals surface area contributed by atoms with Gasteiger partial charge in [0.2, 0.25) is 0 Å². The summed E-state index contributed by atoms with van der Waals surface area (Å²) in [5, 5.41) is 1.10. The van der Waals surface area contributed by atoms with Gasteiger partial charge in [-0.1, -0.05) is 35.4 Å². The highest BCUT2D eigenvalue weighted by Gasteiger charge is 2.14. The lowest BCUT2D eigenvalue weighted by Gasteiger charge is -2.05. The van der Waals surface area contributed by atoms with E-state index in [0.717, 1.165) is 24.3 Å². The molecule has 0 saturated carbocycles. The maximum absolute atomic E-state index is 6.18. The van der Waals surface area contributed by atoms with Crippen LogP contribution in [0.25, 0.3) is 0 Å². The molecule has 1 unspecified atom stereocenters. The van der Waals surface area contributed by atoms with Gasteiger partial charge < -0.3 is 0 Å². The average Bonchev–Trinajstić information content (AvgIpc) is 2.56. The summed E-state index contributed by atoms with van der Waals surface area (Å²) in [7, 11) is 0. The van der Waals surface area contributed by atoms with Crippen molar-refractivity contribution in [2.24, 2.45) is 0 Å². The van der Waals surface area contributed by atoms with Crippen LogP contribution in [-0.2, 0) is 6.42 Å². The molecule has 0 aromatic heterocycles. The molecule has 1 aliphatic rings. The Hall–Kier alpha value is -0.460. The molecule has 1 aromatic rings. The number of hydrogen-bond acceptors (Lipinski definition) is 0. The molecule has 1 aliphatic carbocycles. The molecule has 0 fully saturated rings. The number of aryl methyl sites for hydroxylation is 1. The van der Waals surface area contributed by atoms with Crippen LogP contribution in [0.1, 0.15) is 24.0 Å².